The summed E-state index contributed by atoms with van der Waals surface area (Å²) in [5, 5.41) is 3.03. The molecule has 2 aliphatic rings. The highest BCUT2D eigenvalue weighted by Crippen LogP contribution is 2.27. The van der Waals surface area contributed by atoms with Crippen molar-refractivity contribution in [2.45, 2.75) is 17.6 Å². The van der Waals surface area contributed by atoms with Crippen molar-refractivity contribution in [2.24, 2.45) is 0 Å². The first-order chi connectivity index (χ1) is 9.55. The minimum atomic E-state index is -4.27. The number of hydrogen-bond donors (Lipinski definition) is 2. The smallest absolute Gasteiger partial charge is 0.312 e. The van der Waals surface area contributed by atoms with E-state index in [1.165, 1.54) is 6.07 Å². The van der Waals surface area contributed by atoms with Gasteiger partial charge in [-0.25, -0.2) is 4.98 Å². The van der Waals surface area contributed by atoms with Crippen molar-refractivity contribution in [2.75, 3.05) is 32.8 Å². The predicted octanol–water partition coefficient (Wildman–Crippen LogP) is -0.195. The van der Waals surface area contributed by atoms with Crippen molar-refractivity contribution in [1.29, 1.82) is 0 Å². The Morgan fingerprint density at radius 3 is 2.80 bits per heavy atom. The van der Waals surface area contributed by atoms with E-state index in [9.17, 15) is 8.42 Å². The lowest BCUT2D eigenvalue weighted by molar-refractivity contribution is 0.0135. The Labute approximate surface area is 117 Å². The standard InChI is InChI=1S/C12H17N3O4S/c16-20(17,18)11-2-1-9-7-13-8-10(12(9)14-11)15-3-5-19-6-4-15/h1-2,10,13H,3-8H2,(H,16,17,18). The Morgan fingerprint density at radius 2 is 2.10 bits per heavy atom. The fourth-order valence-electron chi connectivity index (χ4n) is 2.70. The van der Waals surface area contributed by atoms with Crippen molar-refractivity contribution in [3.05, 3.63) is 23.4 Å². The minimum absolute atomic E-state index is 0.0179. The monoisotopic (exact) mass is 299 g/mol. The van der Waals surface area contributed by atoms with Crippen molar-refractivity contribution in [1.82, 2.24) is 15.2 Å². The molecule has 7 nitrogen and oxygen atoms in total. The predicted molar refractivity (Wildman–Crippen MR) is 70.9 cm³/mol. The van der Waals surface area contributed by atoms with E-state index in [4.69, 9.17) is 9.29 Å². The van der Waals surface area contributed by atoms with E-state index < -0.39 is 10.1 Å². The van der Waals surface area contributed by atoms with Crippen molar-refractivity contribution in [3.63, 3.8) is 0 Å². The number of rotatable bonds is 2. The van der Waals surface area contributed by atoms with Gasteiger partial charge in [0.25, 0.3) is 0 Å². The quantitative estimate of drug-likeness (QED) is 0.731. The maximum atomic E-state index is 11.2. The topological polar surface area (TPSA) is 91.8 Å². The third kappa shape index (κ3) is 2.70. The van der Waals surface area contributed by atoms with Gasteiger partial charge in [0.05, 0.1) is 24.9 Å². The van der Waals surface area contributed by atoms with Crippen LogP contribution < -0.4 is 5.32 Å². The summed E-state index contributed by atoms with van der Waals surface area (Å²) in [4.78, 5) is 6.41. The van der Waals surface area contributed by atoms with Gasteiger partial charge in [0.15, 0.2) is 5.03 Å². The van der Waals surface area contributed by atoms with Gasteiger partial charge in [-0.05, 0) is 11.6 Å². The van der Waals surface area contributed by atoms with Crippen LogP contribution in [0.2, 0.25) is 0 Å². The van der Waals surface area contributed by atoms with E-state index in [1.54, 1.807) is 6.07 Å². The molecule has 1 fully saturated rings. The Hall–Kier alpha value is -1.06. The number of pyridine rings is 1. The molecule has 1 saturated heterocycles. The third-order valence-corrected chi connectivity index (χ3v) is 4.46. The number of aromatic nitrogens is 1. The van der Waals surface area contributed by atoms with Crippen LogP contribution in [0.5, 0.6) is 0 Å². The summed E-state index contributed by atoms with van der Waals surface area (Å²) in [6, 6.07) is 3.08. The van der Waals surface area contributed by atoms with E-state index in [1.807, 2.05) is 0 Å². The number of nitrogens with one attached hydrogen (secondary N) is 1. The van der Waals surface area contributed by atoms with Gasteiger partial charge in [0.1, 0.15) is 0 Å². The van der Waals surface area contributed by atoms with Crippen molar-refractivity contribution in [3.8, 4) is 0 Å². The van der Waals surface area contributed by atoms with Crippen molar-refractivity contribution >= 4 is 10.1 Å². The molecule has 0 aliphatic carbocycles. The fourth-order valence-corrected chi connectivity index (χ4v) is 3.15. The second-order valence-corrected chi connectivity index (χ2v) is 6.33. The molecular formula is C12H17N3O4S. The first kappa shape index (κ1) is 13.9. The highest BCUT2D eigenvalue weighted by atomic mass is 32.2. The van der Waals surface area contributed by atoms with Crippen LogP contribution in [0.15, 0.2) is 17.2 Å². The molecule has 0 saturated carbocycles. The molecule has 0 radical (unpaired) electrons. The number of fused-ring (bicyclic) bond motifs is 1. The minimum Gasteiger partial charge on any atom is -0.379 e. The molecule has 1 aromatic heterocycles. The molecule has 0 amide bonds. The Balaban J connectivity index is 1.97. The van der Waals surface area contributed by atoms with Gasteiger partial charge in [0.2, 0.25) is 0 Å². The fraction of sp³-hybridized carbons (Fsp3) is 0.583. The molecule has 20 heavy (non-hydrogen) atoms. The SMILES string of the molecule is O=S(=O)(O)c1ccc2c(n1)C(N1CCOCC1)CNC2. The molecule has 0 bridgehead atoms. The summed E-state index contributed by atoms with van der Waals surface area (Å²) >= 11 is 0. The van der Waals surface area contributed by atoms with Crippen LogP contribution in [0.1, 0.15) is 17.3 Å². The molecular weight excluding hydrogens is 282 g/mol. The zero-order valence-corrected chi connectivity index (χ0v) is 11.8. The van der Waals surface area contributed by atoms with Gasteiger partial charge in [-0.2, -0.15) is 8.42 Å². The lowest BCUT2D eigenvalue weighted by Crippen LogP contribution is -2.45. The van der Waals surface area contributed by atoms with Crippen molar-refractivity contribution < 1.29 is 17.7 Å². The summed E-state index contributed by atoms with van der Waals surface area (Å²) in [5.41, 5.74) is 1.71. The van der Waals surface area contributed by atoms with Crippen LogP contribution in [0.3, 0.4) is 0 Å². The van der Waals surface area contributed by atoms with Crippen LogP contribution in [0.25, 0.3) is 0 Å². The molecule has 3 heterocycles. The molecule has 110 valence electrons. The van der Waals surface area contributed by atoms with Gasteiger partial charge in [-0.3, -0.25) is 9.45 Å². The van der Waals surface area contributed by atoms with Crippen LogP contribution in [-0.4, -0.2) is 55.7 Å². The van der Waals surface area contributed by atoms with Crippen LogP contribution in [-0.2, 0) is 21.4 Å². The molecule has 8 heteroatoms. The van der Waals surface area contributed by atoms with Crippen LogP contribution in [0, 0.1) is 0 Å². The summed E-state index contributed by atoms with van der Waals surface area (Å²) < 4.78 is 37.0. The molecule has 1 aromatic rings. The third-order valence-electron chi connectivity index (χ3n) is 3.71. The molecule has 2 N–H and O–H groups in total. The summed E-state index contributed by atoms with van der Waals surface area (Å²) in [6.45, 7) is 4.31. The largest absolute Gasteiger partial charge is 0.379 e. The summed E-state index contributed by atoms with van der Waals surface area (Å²) in [6.07, 6.45) is 0. The summed E-state index contributed by atoms with van der Waals surface area (Å²) in [7, 11) is -4.27. The number of hydrogen-bond acceptors (Lipinski definition) is 6. The van der Waals surface area contributed by atoms with E-state index >= 15 is 0 Å². The first-order valence-corrected chi connectivity index (χ1v) is 7.99. The Kier molecular flexibility index (Phi) is 3.74. The molecule has 2 aliphatic heterocycles. The second-order valence-electron chi connectivity index (χ2n) is 4.96. The maximum absolute atomic E-state index is 11.2. The molecule has 1 unspecified atom stereocenters. The van der Waals surface area contributed by atoms with Gasteiger partial charge in [0, 0.05) is 26.2 Å². The summed E-state index contributed by atoms with van der Waals surface area (Å²) in [5.74, 6) is 0. The van der Waals surface area contributed by atoms with Gasteiger partial charge < -0.3 is 10.1 Å². The van der Waals surface area contributed by atoms with Crippen LogP contribution in [0.4, 0.5) is 0 Å². The van der Waals surface area contributed by atoms with E-state index in [2.05, 4.69) is 15.2 Å². The number of ether oxygens (including phenoxy) is 1. The Morgan fingerprint density at radius 1 is 1.35 bits per heavy atom. The lowest BCUT2D eigenvalue weighted by atomic mass is 10.0. The first-order valence-electron chi connectivity index (χ1n) is 6.55. The lowest BCUT2D eigenvalue weighted by Gasteiger charge is -2.37. The average molecular weight is 299 g/mol. The second kappa shape index (κ2) is 5.38. The number of nitrogens with zero attached hydrogens (tertiary/aromatic N) is 2. The zero-order valence-electron chi connectivity index (χ0n) is 10.9. The van der Waals surface area contributed by atoms with E-state index in [0.717, 1.165) is 30.9 Å². The van der Waals surface area contributed by atoms with Gasteiger partial charge >= 0.3 is 10.1 Å². The maximum Gasteiger partial charge on any atom is 0.312 e. The average Bonchev–Trinajstić information content (AvgIpc) is 2.46. The Bertz CT molecular complexity index is 599. The molecule has 0 spiro atoms. The molecule has 0 aromatic carbocycles. The zero-order chi connectivity index (χ0) is 14.2. The molecule has 1 atom stereocenters. The van der Waals surface area contributed by atoms with Gasteiger partial charge in [-0.15, -0.1) is 0 Å². The molecule has 3 rings (SSSR count). The normalized spacial score (nSPS) is 24.4. The highest BCUT2D eigenvalue weighted by molar-refractivity contribution is 7.85. The highest BCUT2D eigenvalue weighted by Gasteiger charge is 2.29. The van der Waals surface area contributed by atoms with E-state index in [0.29, 0.717) is 19.8 Å². The number of morpholine rings is 1. The van der Waals surface area contributed by atoms with E-state index in [-0.39, 0.29) is 11.1 Å². The van der Waals surface area contributed by atoms with Crippen LogP contribution >= 0.6 is 0 Å². The van der Waals surface area contributed by atoms with Gasteiger partial charge in [-0.1, -0.05) is 6.07 Å².